The van der Waals surface area contributed by atoms with Crippen LogP contribution in [-0.4, -0.2) is 51.5 Å². The van der Waals surface area contributed by atoms with Crippen molar-refractivity contribution in [3.8, 4) is 5.69 Å². The van der Waals surface area contributed by atoms with Gasteiger partial charge in [0.2, 0.25) is 5.91 Å². The van der Waals surface area contributed by atoms with Crippen LogP contribution in [0.15, 0.2) is 48.5 Å². The van der Waals surface area contributed by atoms with Gasteiger partial charge in [-0.2, -0.15) is 18.3 Å². The van der Waals surface area contributed by atoms with E-state index in [4.69, 9.17) is 5.73 Å². The van der Waals surface area contributed by atoms with Crippen molar-refractivity contribution in [1.82, 2.24) is 20.0 Å². The van der Waals surface area contributed by atoms with Crippen molar-refractivity contribution in [2.24, 2.45) is 5.73 Å². The van der Waals surface area contributed by atoms with E-state index in [0.717, 1.165) is 23.6 Å². The molecule has 1 fully saturated rings. The third kappa shape index (κ3) is 6.47. The van der Waals surface area contributed by atoms with Crippen molar-refractivity contribution in [3.63, 3.8) is 0 Å². The van der Waals surface area contributed by atoms with Gasteiger partial charge in [0.1, 0.15) is 11.5 Å². The highest BCUT2D eigenvalue weighted by Crippen LogP contribution is 2.30. The lowest BCUT2D eigenvalue weighted by molar-refractivity contribution is -0.141. The summed E-state index contributed by atoms with van der Waals surface area (Å²) in [5.41, 5.74) is 4.39. The summed E-state index contributed by atoms with van der Waals surface area (Å²) in [6.07, 6.45) is -2.75. The Kier molecular flexibility index (Phi) is 8.52. The van der Waals surface area contributed by atoms with Crippen LogP contribution < -0.4 is 16.4 Å². The Morgan fingerprint density at radius 3 is 2.45 bits per heavy atom. The zero-order valence-electron chi connectivity index (χ0n) is 21.6. The molecule has 0 saturated carbocycles. The van der Waals surface area contributed by atoms with Gasteiger partial charge in [-0.15, -0.1) is 0 Å². The van der Waals surface area contributed by atoms with Gasteiger partial charge in [0.15, 0.2) is 5.69 Å². The van der Waals surface area contributed by atoms with Gasteiger partial charge in [-0.05, 0) is 55.2 Å². The summed E-state index contributed by atoms with van der Waals surface area (Å²) in [7, 11) is 0. The van der Waals surface area contributed by atoms with Crippen molar-refractivity contribution >= 4 is 23.4 Å². The largest absolute Gasteiger partial charge is 0.435 e. The average molecular weight is 561 g/mol. The standard InChI is InChI=1S/C27H28F4N6O3/c1-2-21(32)24(38)33-15-16-6-5-7-18(12-16)37-22(14-23(35-37)27(29,30)31)25(39)34-17-8-9-19(20(28)13-17)26(40)36-10-3-4-11-36/h5-9,12-14,21H,2-4,10-11,15,32H2,1H3,(H,33,38)(H,34,39)/t21-/m0/s1. The van der Waals surface area contributed by atoms with Gasteiger partial charge in [-0.25, -0.2) is 9.07 Å². The quantitative estimate of drug-likeness (QED) is 0.361. The molecular weight excluding hydrogens is 532 g/mol. The van der Waals surface area contributed by atoms with E-state index in [1.807, 2.05) is 0 Å². The highest BCUT2D eigenvalue weighted by atomic mass is 19.4. The highest BCUT2D eigenvalue weighted by Gasteiger charge is 2.36. The van der Waals surface area contributed by atoms with Crippen molar-refractivity contribution in [3.05, 3.63) is 76.9 Å². The minimum atomic E-state index is -4.84. The first-order chi connectivity index (χ1) is 19.0. The molecule has 212 valence electrons. The van der Waals surface area contributed by atoms with E-state index in [2.05, 4.69) is 15.7 Å². The molecule has 0 aliphatic carbocycles. The van der Waals surface area contributed by atoms with Crippen LogP contribution in [0, 0.1) is 5.82 Å². The van der Waals surface area contributed by atoms with E-state index >= 15 is 0 Å². The molecule has 2 heterocycles. The van der Waals surface area contributed by atoms with E-state index in [-0.39, 0.29) is 29.4 Å². The number of alkyl halides is 3. The van der Waals surface area contributed by atoms with Crippen LogP contribution in [0.5, 0.6) is 0 Å². The summed E-state index contributed by atoms with van der Waals surface area (Å²) in [5.74, 6) is -2.69. The summed E-state index contributed by atoms with van der Waals surface area (Å²) in [4.78, 5) is 39.2. The molecular formula is C27H28F4N6O3. The zero-order chi connectivity index (χ0) is 29.0. The number of halogens is 4. The number of benzene rings is 2. The molecule has 3 aromatic rings. The van der Waals surface area contributed by atoms with E-state index in [0.29, 0.717) is 31.1 Å². The van der Waals surface area contributed by atoms with Crippen LogP contribution in [0.3, 0.4) is 0 Å². The van der Waals surface area contributed by atoms with Crippen LogP contribution in [0.2, 0.25) is 0 Å². The van der Waals surface area contributed by atoms with Gasteiger partial charge >= 0.3 is 6.18 Å². The summed E-state index contributed by atoms with van der Waals surface area (Å²) >= 11 is 0. The predicted molar refractivity (Wildman–Crippen MR) is 138 cm³/mol. The molecule has 1 saturated heterocycles. The third-order valence-corrected chi connectivity index (χ3v) is 6.48. The first-order valence-corrected chi connectivity index (χ1v) is 12.7. The maximum absolute atomic E-state index is 14.8. The smallest absolute Gasteiger partial charge is 0.351 e. The van der Waals surface area contributed by atoms with E-state index in [1.165, 1.54) is 29.2 Å². The second kappa shape index (κ2) is 11.9. The molecule has 9 nitrogen and oxygen atoms in total. The number of carbonyl (C=O) groups is 3. The molecule has 13 heteroatoms. The molecule has 40 heavy (non-hydrogen) atoms. The second-order valence-corrected chi connectivity index (χ2v) is 9.37. The summed E-state index contributed by atoms with van der Waals surface area (Å²) in [6.45, 7) is 2.87. The van der Waals surface area contributed by atoms with Crippen LogP contribution in [0.25, 0.3) is 5.69 Å². The number of amides is 3. The molecule has 0 spiro atoms. The first kappa shape index (κ1) is 28.7. The number of anilines is 1. The summed E-state index contributed by atoms with van der Waals surface area (Å²) in [6, 6.07) is 9.47. The number of aromatic nitrogens is 2. The average Bonchev–Trinajstić information content (AvgIpc) is 3.62. The Hall–Kier alpha value is -4.26. The Labute approximate surface area is 227 Å². The third-order valence-electron chi connectivity index (χ3n) is 6.48. The van der Waals surface area contributed by atoms with Crippen molar-refractivity contribution in [2.45, 2.75) is 44.9 Å². The van der Waals surface area contributed by atoms with Crippen LogP contribution in [0.4, 0.5) is 23.2 Å². The molecule has 4 N–H and O–H groups in total. The molecule has 1 aliphatic rings. The zero-order valence-corrected chi connectivity index (χ0v) is 21.6. The lowest BCUT2D eigenvalue weighted by Gasteiger charge is -2.16. The molecule has 0 unspecified atom stereocenters. The van der Waals surface area contributed by atoms with Crippen LogP contribution >= 0.6 is 0 Å². The highest BCUT2D eigenvalue weighted by molar-refractivity contribution is 6.04. The van der Waals surface area contributed by atoms with Gasteiger partial charge in [-0.3, -0.25) is 14.4 Å². The predicted octanol–water partition coefficient (Wildman–Crippen LogP) is 3.87. The number of carbonyl (C=O) groups excluding carboxylic acids is 3. The first-order valence-electron chi connectivity index (χ1n) is 12.7. The SMILES string of the molecule is CC[C@H](N)C(=O)NCc1cccc(-n2nc(C(F)(F)F)cc2C(=O)Nc2ccc(C(=O)N3CCCC3)c(F)c2)c1. The number of hydrogen-bond acceptors (Lipinski definition) is 5. The van der Waals surface area contributed by atoms with Crippen molar-refractivity contribution in [1.29, 1.82) is 0 Å². The minimum absolute atomic E-state index is 0.0505. The molecule has 0 radical (unpaired) electrons. The van der Waals surface area contributed by atoms with E-state index < -0.39 is 41.2 Å². The van der Waals surface area contributed by atoms with Crippen molar-refractivity contribution in [2.75, 3.05) is 18.4 Å². The Bertz CT molecular complexity index is 1420. The number of likely N-dealkylation sites (tertiary alicyclic amines) is 1. The lowest BCUT2D eigenvalue weighted by Crippen LogP contribution is -2.39. The molecule has 2 aromatic carbocycles. The molecule has 1 aromatic heterocycles. The number of nitrogens with zero attached hydrogens (tertiary/aromatic N) is 3. The van der Waals surface area contributed by atoms with Gasteiger partial charge in [0.05, 0.1) is 17.3 Å². The van der Waals surface area contributed by atoms with Gasteiger partial charge < -0.3 is 21.3 Å². The fraction of sp³-hybridized carbons (Fsp3) is 0.333. The molecule has 1 aliphatic heterocycles. The van der Waals surface area contributed by atoms with Gasteiger partial charge in [0, 0.05) is 31.4 Å². The summed E-state index contributed by atoms with van der Waals surface area (Å²) in [5, 5.41) is 8.62. The minimum Gasteiger partial charge on any atom is -0.351 e. The van der Waals surface area contributed by atoms with Gasteiger partial charge in [-0.1, -0.05) is 19.1 Å². The second-order valence-electron chi connectivity index (χ2n) is 9.37. The topological polar surface area (TPSA) is 122 Å². The normalized spacial score (nSPS) is 14.2. The Balaban J connectivity index is 1.58. The molecule has 0 bridgehead atoms. The Morgan fingerprint density at radius 1 is 1.07 bits per heavy atom. The number of rotatable bonds is 8. The maximum atomic E-state index is 14.8. The van der Waals surface area contributed by atoms with E-state index in [1.54, 1.807) is 19.1 Å². The monoisotopic (exact) mass is 560 g/mol. The molecule has 4 rings (SSSR count). The molecule has 1 atom stereocenters. The fourth-order valence-electron chi connectivity index (χ4n) is 4.23. The molecule has 3 amide bonds. The number of nitrogens with one attached hydrogen (secondary N) is 2. The summed E-state index contributed by atoms with van der Waals surface area (Å²) < 4.78 is 56.2. The number of nitrogens with two attached hydrogens (primary N) is 1. The van der Waals surface area contributed by atoms with Crippen LogP contribution in [0.1, 0.15) is 58.3 Å². The van der Waals surface area contributed by atoms with Crippen molar-refractivity contribution < 1.29 is 31.9 Å². The lowest BCUT2D eigenvalue weighted by atomic mass is 10.1. The Morgan fingerprint density at radius 2 is 1.80 bits per heavy atom. The van der Waals surface area contributed by atoms with E-state index in [9.17, 15) is 31.9 Å². The number of hydrogen-bond donors (Lipinski definition) is 3. The van der Waals surface area contributed by atoms with Crippen LogP contribution in [-0.2, 0) is 17.5 Å². The fourth-order valence-corrected chi connectivity index (χ4v) is 4.23. The maximum Gasteiger partial charge on any atom is 0.435 e. The van der Waals surface area contributed by atoms with Gasteiger partial charge in [0.25, 0.3) is 11.8 Å².